The van der Waals surface area contributed by atoms with Crippen LogP contribution in [0.25, 0.3) is 0 Å². The molecular formula is C14H20O3. The van der Waals surface area contributed by atoms with E-state index in [-0.39, 0.29) is 12.4 Å². The largest absolute Gasteiger partial charge is 0.493 e. The molecule has 17 heavy (non-hydrogen) atoms. The van der Waals surface area contributed by atoms with Gasteiger partial charge in [-0.05, 0) is 37.8 Å². The highest BCUT2D eigenvalue weighted by molar-refractivity contribution is 5.75. The molecule has 94 valence electrons. The average molecular weight is 236 g/mol. The van der Waals surface area contributed by atoms with Crippen LogP contribution in [0.2, 0.25) is 0 Å². The molecule has 0 atom stereocenters. The number of Topliss-reactive ketones (excluding diaryl/α,β-unsaturated/α-hetero) is 1. The zero-order chi connectivity index (χ0) is 12.5. The van der Waals surface area contributed by atoms with Gasteiger partial charge in [-0.15, -0.1) is 0 Å². The van der Waals surface area contributed by atoms with Crippen molar-refractivity contribution < 1.29 is 14.6 Å². The van der Waals surface area contributed by atoms with Crippen LogP contribution in [0, 0.1) is 0 Å². The summed E-state index contributed by atoms with van der Waals surface area (Å²) in [5, 5.41) is 8.92. The maximum atomic E-state index is 10.7. The van der Waals surface area contributed by atoms with Crippen LogP contribution in [-0.4, -0.2) is 24.1 Å². The Hall–Kier alpha value is -1.35. The smallest absolute Gasteiger partial charge is 0.129 e. The Morgan fingerprint density at radius 3 is 2.76 bits per heavy atom. The van der Waals surface area contributed by atoms with Gasteiger partial charge in [0.05, 0.1) is 6.61 Å². The van der Waals surface area contributed by atoms with Gasteiger partial charge in [0.1, 0.15) is 11.5 Å². The van der Waals surface area contributed by atoms with Gasteiger partial charge in [-0.2, -0.15) is 0 Å². The summed E-state index contributed by atoms with van der Waals surface area (Å²) in [5.74, 6) is 1.06. The lowest BCUT2D eigenvalue weighted by atomic mass is 10.1. The number of aliphatic hydroxyl groups is 1. The predicted octanol–water partition coefficient (Wildman–Crippen LogP) is 2.36. The molecule has 0 heterocycles. The van der Waals surface area contributed by atoms with Crippen molar-refractivity contribution in [2.24, 2.45) is 0 Å². The van der Waals surface area contributed by atoms with Gasteiger partial charge < -0.3 is 14.6 Å². The van der Waals surface area contributed by atoms with E-state index in [1.165, 1.54) is 0 Å². The van der Waals surface area contributed by atoms with E-state index in [1.807, 2.05) is 24.3 Å². The number of carbonyl (C=O) groups excluding carboxylic acids is 1. The fraction of sp³-hybridized carbons (Fsp3) is 0.500. The lowest BCUT2D eigenvalue weighted by Crippen LogP contribution is -2.02. The number of unbranched alkanes of at least 4 members (excludes halogenated alkanes) is 1. The molecule has 0 fully saturated rings. The van der Waals surface area contributed by atoms with Gasteiger partial charge in [0, 0.05) is 13.0 Å². The number of hydrogen-bond donors (Lipinski definition) is 1. The Balaban J connectivity index is 2.33. The second kappa shape index (κ2) is 7.85. The molecule has 1 aromatic carbocycles. The maximum absolute atomic E-state index is 10.7. The van der Waals surface area contributed by atoms with Crippen molar-refractivity contribution in [3.05, 3.63) is 29.8 Å². The van der Waals surface area contributed by atoms with Crippen LogP contribution in [0.15, 0.2) is 24.3 Å². The minimum absolute atomic E-state index is 0.130. The van der Waals surface area contributed by atoms with Crippen LogP contribution in [0.3, 0.4) is 0 Å². The molecule has 0 radical (unpaired) electrons. The molecule has 0 aromatic heterocycles. The van der Waals surface area contributed by atoms with Gasteiger partial charge in [-0.3, -0.25) is 0 Å². The van der Waals surface area contributed by atoms with Crippen molar-refractivity contribution in [2.45, 2.75) is 32.6 Å². The van der Waals surface area contributed by atoms with Gasteiger partial charge in [0.2, 0.25) is 0 Å². The Morgan fingerprint density at radius 2 is 2.06 bits per heavy atom. The summed E-state index contributed by atoms with van der Waals surface area (Å²) in [7, 11) is 0. The third-order valence-electron chi connectivity index (χ3n) is 2.53. The second-order valence-electron chi connectivity index (χ2n) is 4.09. The topological polar surface area (TPSA) is 46.5 Å². The van der Waals surface area contributed by atoms with Crippen molar-refractivity contribution in [3.8, 4) is 5.75 Å². The summed E-state index contributed by atoms with van der Waals surface area (Å²) in [6, 6.07) is 7.73. The first kappa shape index (κ1) is 13.7. The average Bonchev–Trinajstić information content (AvgIpc) is 2.31. The van der Waals surface area contributed by atoms with Crippen molar-refractivity contribution >= 4 is 5.78 Å². The zero-order valence-corrected chi connectivity index (χ0v) is 10.3. The van der Waals surface area contributed by atoms with E-state index in [2.05, 4.69) is 0 Å². The van der Waals surface area contributed by atoms with Crippen LogP contribution in [0.1, 0.15) is 31.7 Å². The van der Waals surface area contributed by atoms with Gasteiger partial charge in [0.25, 0.3) is 0 Å². The van der Waals surface area contributed by atoms with Crippen molar-refractivity contribution in [2.75, 3.05) is 13.2 Å². The number of benzene rings is 1. The number of para-hydroxylation sites is 1. The predicted molar refractivity (Wildman–Crippen MR) is 67.3 cm³/mol. The fourth-order valence-corrected chi connectivity index (χ4v) is 1.63. The Bertz CT molecular complexity index is 347. The first-order valence-corrected chi connectivity index (χ1v) is 6.05. The molecule has 0 aliphatic rings. The summed E-state index contributed by atoms with van der Waals surface area (Å²) in [4.78, 5) is 10.7. The molecule has 0 aliphatic carbocycles. The minimum Gasteiger partial charge on any atom is -0.493 e. The summed E-state index contributed by atoms with van der Waals surface area (Å²) >= 11 is 0. The normalized spacial score (nSPS) is 10.2. The number of carbonyl (C=O) groups is 1. The molecule has 0 bridgehead atoms. The lowest BCUT2D eigenvalue weighted by molar-refractivity contribution is -0.117. The molecule has 3 nitrogen and oxygen atoms in total. The Labute approximate surface area is 102 Å². The molecular weight excluding hydrogens is 216 g/mol. The van der Waals surface area contributed by atoms with Crippen molar-refractivity contribution in [1.29, 1.82) is 0 Å². The van der Waals surface area contributed by atoms with E-state index >= 15 is 0 Å². The number of ether oxygens (including phenoxy) is 1. The highest BCUT2D eigenvalue weighted by Gasteiger charge is 2.02. The van der Waals surface area contributed by atoms with E-state index in [4.69, 9.17) is 9.84 Å². The molecule has 0 spiro atoms. The summed E-state index contributed by atoms with van der Waals surface area (Å²) in [5.41, 5.74) is 1.03. The van der Waals surface area contributed by atoms with Gasteiger partial charge >= 0.3 is 0 Å². The van der Waals surface area contributed by atoms with Crippen LogP contribution in [0.4, 0.5) is 0 Å². The summed E-state index contributed by atoms with van der Waals surface area (Å²) in [6.07, 6.45) is 3.00. The Kier molecular flexibility index (Phi) is 6.33. The van der Waals surface area contributed by atoms with Crippen molar-refractivity contribution in [3.63, 3.8) is 0 Å². The van der Waals surface area contributed by atoms with Crippen LogP contribution >= 0.6 is 0 Å². The first-order chi connectivity index (χ1) is 8.24. The van der Waals surface area contributed by atoms with E-state index in [0.29, 0.717) is 19.4 Å². The second-order valence-corrected chi connectivity index (χ2v) is 4.09. The number of hydrogen-bond acceptors (Lipinski definition) is 3. The van der Waals surface area contributed by atoms with E-state index in [0.717, 1.165) is 24.2 Å². The molecule has 0 amide bonds. The quantitative estimate of drug-likeness (QED) is 0.705. The number of rotatable bonds is 8. The van der Waals surface area contributed by atoms with Crippen molar-refractivity contribution in [1.82, 2.24) is 0 Å². The zero-order valence-electron chi connectivity index (χ0n) is 10.3. The minimum atomic E-state index is 0.130. The SMILES string of the molecule is CC(=O)CCCCOc1ccccc1CCO. The maximum Gasteiger partial charge on any atom is 0.129 e. The molecule has 0 unspecified atom stereocenters. The molecule has 0 saturated heterocycles. The lowest BCUT2D eigenvalue weighted by Gasteiger charge is -2.10. The monoisotopic (exact) mass is 236 g/mol. The van der Waals surface area contributed by atoms with Gasteiger partial charge in [0.15, 0.2) is 0 Å². The molecule has 0 saturated carbocycles. The molecule has 3 heteroatoms. The fourth-order valence-electron chi connectivity index (χ4n) is 1.63. The van der Waals surface area contributed by atoms with Gasteiger partial charge in [-0.25, -0.2) is 0 Å². The molecule has 1 rings (SSSR count). The van der Waals surface area contributed by atoms with E-state index in [9.17, 15) is 4.79 Å². The van der Waals surface area contributed by atoms with E-state index in [1.54, 1.807) is 6.92 Å². The Morgan fingerprint density at radius 1 is 1.29 bits per heavy atom. The molecule has 1 aromatic rings. The van der Waals surface area contributed by atoms with Crippen LogP contribution in [-0.2, 0) is 11.2 Å². The standard InChI is InChI=1S/C14H20O3/c1-12(16)6-4-5-11-17-14-8-3-2-7-13(14)9-10-15/h2-3,7-8,15H,4-6,9-11H2,1H3. The summed E-state index contributed by atoms with van der Waals surface area (Å²) in [6.45, 7) is 2.36. The first-order valence-electron chi connectivity index (χ1n) is 6.05. The van der Waals surface area contributed by atoms with Gasteiger partial charge in [-0.1, -0.05) is 18.2 Å². The molecule has 1 N–H and O–H groups in total. The third kappa shape index (κ3) is 5.50. The third-order valence-corrected chi connectivity index (χ3v) is 2.53. The molecule has 0 aliphatic heterocycles. The summed E-state index contributed by atoms with van der Waals surface area (Å²) < 4.78 is 5.65. The van der Waals surface area contributed by atoms with Crippen LogP contribution in [0.5, 0.6) is 5.75 Å². The number of ketones is 1. The number of aliphatic hydroxyl groups excluding tert-OH is 1. The van der Waals surface area contributed by atoms with Crippen LogP contribution < -0.4 is 4.74 Å². The van der Waals surface area contributed by atoms with E-state index < -0.39 is 0 Å². The highest BCUT2D eigenvalue weighted by atomic mass is 16.5. The highest BCUT2D eigenvalue weighted by Crippen LogP contribution is 2.18.